The first-order valence-corrected chi connectivity index (χ1v) is 10.7. The molecule has 4 rings (SSSR count). The molecule has 1 fully saturated rings. The Bertz CT molecular complexity index is 1120. The number of benzene rings is 2. The molecule has 1 atom stereocenters. The number of rotatable bonds is 2. The summed E-state index contributed by atoms with van der Waals surface area (Å²) in [6.07, 6.45) is -0.678. The van der Waals surface area contributed by atoms with Crippen LogP contribution in [0.1, 0.15) is 68.3 Å². The number of unbranched alkanes of at least 4 members (excludes halogenated alkanes) is 1. The maximum Gasteiger partial charge on any atom is 0.416 e. The van der Waals surface area contributed by atoms with Gasteiger partial charge in [-0.25, -0.2) is 5.01 Å². The normalized spacial score (nSPS) is 21.2. The van der Waals surface area contributed by atoms with Gasteiger partial charge in [0.2, 0.25) is 5.91 Å². The number of allylic oxidation sites excluding steroid dienone is 1. The van der Waals surface area contributed by atoms with E-state index in [-0.39, 0.29) is 12.3 Å². The van der Waals surface area contributed by atoms with E-state index in [1.54, 1.807) is 5.01 Å². The van der Waals surface area contributed by atoms with Crippen molar-refractivity contribution in [3.63, 3.8) is 0 Å². The molecule has 1 unspecified atom stereocenters. The summed E-state index contributed by atoms with van der Waals surface area (Å²) in [4.78, 5) is 13.1. The van der Waals surface area contributed by atoms with Crippen LogP contribution in [-0.4, -0.2) is 21.5 Å². The van der Waals surface area contributed by atoms with E-state index in [1.807, 2.05) is 62.2 Å². The second kappa shape index (κ2) is 8.14. The van der Waals surface area contributed by atoms with Crippen LogP contribution in [0.2, 0.25) is 0 Å². The Hall–Kier alpha value is -3.04. The lowest BCUT2D eigenvalue weighted by molar-refractivity contribution is -0.138. The zero-order valence-electron chi connectivity index (χ0n) is 18.3. The third-order valence-corrected chi connectivity index (χ3v) is 5.83. The maximum atomic E-state index is 13.6. The van der Waals surface area contributed by atoms with Gasteiger partial charge in [-0.1, -0.05) is 55.5 Å². The average molecular weight is 438 g/mol. The molecule has 2 aliphatic heterocycles. The van der Waals surface area contributed by atoms with Gasteiger partial charge in [0.1, 0.15) is 6.04 Å². The SMILES string of the molecule is CCC/C=C1/c2ccc(C(F)(F)F)cc2C(C#Cc2ccccc2)N2N1C(=O)CC2(C)C. The molecule has 0 aromatic heterocycles. The molecule has 0 spiro atoms. The molecule has 0 radical (unpaired) electrons. The molecule has 3 nitrogen and oxygen atoms in total. The van der Waals surface area contributed by atoms with E-state index in [2.05, 4.69) is 11.8 Å². The molecule has 2 aromatic rings. The number of fused-ring (bicyclic) bond motifs is 2. The zero-order chi connectivity index (χ0) is 23.1. The van der Waals surface area contributed by atoms with Crippen molar-refractivity contribution in [2.75, 3.05) is 0 Å². The smallest absolute Gasteiger partial charge is 0.273 e. The van der Waals surface area contributed by atoms with E-state index in [1.165, 1.54) is 12.1 Å². The number of hydrazine groups is 1. The Balaban J connectivity index is 1.96. The first-order valence-electron chi connectivity index (χ1n) is 10.7. The number of carbonyl (C=O) groups is 1. The largest absolute Gasteiger partial charge is 0.416 e. The lowest BCUT2D eigenvalue weighted by Gasteiger charge is -2.45. The molecule has 2 heterocycles. The zero-order valence-corrected chi connectivity index (χ0v) is 18.3. The van der Waals surface area contributed by atoms with Crippen molar-refractivity contribution in [1.29, 1.82) is 0 Å². The number of carbonyl (C=O) groups excluding carboxylic acids is 1. The summed E-state index contributed by atoms with van der Waals surface area (Å²) >= 11 is 0. The van der Waals surface area contributed by atoms with E-state index < -0.39 is 23.3 Å². The minimum absolute atomic E-state index is 0.0746. The standard InChI is InChI=1S/C26H25F3N2O/c1-4-5-11-22-20-14-13-19(26(27,28)29)16-21(20)23(15-12-18-9-7-6-8-10-18)31-25(2,3)17-24(32)30(22)31/h6-11,13-14,16,23H,4-5,17H2,1-3H3/b22-11-. The van der Waals surface area contributed by atoms with Gasteiger partial charge < -0.3 is 0 Å². The minimum Gasteiger partial charge on any atom is -0.273 e. The minimum atomic E-state index is -4.47. The number of hydrogen-bond acceptors (Lipinski definition) is 2. The molecule has 166 valence electrons. The lowest BCUT2D eigenvalue weighted by atomic mass is 9.90. The van der Waals surface area contributed by atoms with Gasteiger partial charge in [-0.05, 0) is 50.1 Å². The second-order valence-corrected chi connectivity index (χ2v) is 8.76. The van der Waals surface area contributed by atoms with E-state index >= 15 is 0 Å². The van der Waals surface area contributed by atoms with Crippen LogP contribution in [-0.2, 0) is 11.0 Å². The van der Waals surface area contributed by atoms with Gasteiger partial charge in [0.25, 0.3) is 0 Å². The van der Waals surface area contributed by atoms with Crippen LogP contribution in [0.5, 0.6) is 0 Å². The number of amides is 1. The number of alkyl halides is 3. The van der Waals surface area contributed by atoms with Crippen molar-refractivity contribution < 1.29 is 18.0 Å². The van der Waals surface area contributed by atoms with Crippen LogP contribution >= 0.6 is 0 Å². The fraction of sp³-hybridized carbons (Fsp3) is 0.346. The monoisotopic (exact) mass is 438 g/mol. The van der Waals surface area contributed by atoms with Gasteiger partial charge >= 0.3 is 6.18 Å². The quantitative estimate of drug-likeness (QED) is 0.523. The summed E-state index contributed by atoms with van der Waals surface area (Å²) in [7, 11) is 0. The van der Waals surface area contributed by atoms with E-state index in [0.29, 0.717) is 23.2 Å². The van der Waals surface area contributed by atoms with Crippen molar-refractivity contribution in [3.05, 3.63) is 76.9 Å². The molecule has 2 aromatic carbocycles. The summed E-state index contributed by atoms with van der Waals surface area (Å²) < 4.78 is 40.8. The lowest BCUT2D eigenvalue weighted by Crippen LogP contribution is -2.50. The van der Waals surface area contributed by atoms with Gasteiger partial charge in [0.05, 0.1) is 11.3 Å². The molecule has 0 N–H and O–H groups in total. The van der Waals surface area contributed by atoms with Crippen molar-refractivity contribution in [2.24, 2.45) is 0 Å². The second-order valence-electron chi connectivity index (χ2n) is 8.76. The van der Waals surface area contributed by atoms with Gasteiger partial charge in [0.15, 0.2) is 0 Å². The van der Waals surface area contributed by atoms with Gasteiger partial charge in [0, 0.05) is 23.1 Å². The maximum absolute atomic E-state index is 13.6. The summed E-state index contributed by atoms with van der Waals surface area (Å²) in [5.74, 6) is 6.22. The average Bonchev–Trinajstić information content (AvgIpc) is 2.99. The Kier molecular flexibility index (Phi) is 5.64. The Labute approximate surface area is 186 Å². The van der Waals surface area contributed by atoms with E-state index in [0.717, 1.165) is 18.1 Å². The van der Waals surface area contributed by atoms with Crippen molar-refractivity contribution in [1.82, 2.24) is 10.0 Å². The molecular weight excluding hydrogens is 413 g/mol. The summed E-state index contributed by atoms with van der Waals surface area (Å²) in [6, 6.07) is 12.4. The number of hydrogen-bond donors (Lipinski definition) is 0. The number of halogens is 3. The molecule has 1 amide bonds. The van der Waals surface area contributed by atoms with Crippen LogP contribution in [0, 0.1) is 11.8 Å². The third kappa shape index (κ3) is 3.93. The first kappa shape index (κ1) is 22.2. The molecule has 2 aliphatic rings. The topological polar surface area (TPSA) is 23.6 Å². The van der Waals surface area contributed by atoms with Crippen molar-refractivity contribution in [3.8, 4) is 11.8 Å². The molecule has 1 saturated heterocycles. The van der Waals surface area contributed by atoms with Crippen molar-refractivity contribution >= 4 is 11.6 Å². The molecule has 0 aliphatic carbocycles. The predicted octanol–water partition coefficient (Wildman–Crippen LogP) is 6.18. The molecular formula is C26H25F3N2O. The summed E-state index contributed by atoms with van der Waals surface area (Å²) in [5.41, 5.74) is 1.21. The highest BCUT2D eigenvalue weighted by Crippen LogP contribution is 2.49. The van der Waals surface area contributed by atoms with Crippen LogP contribution < -0.4 is 0 Å². The number of nitrogens with zero attached hydrogens (tertiary/aromatic N) is 2. The van der Waals surface area contributed by atoms with Gasteiger partial charge in [-0.2, -0.15) is 18.2 Å². The first-order chi connectivity index (χ1) is 15.1. The summed E-state index contributed by atoms with van der Waals surface area (Å²) in [6.45, 7) is 5.88. The van der Waals surface area contributed by atoms with E-state index in [4.69, 9.17) is 0 Å². The van der Waals surface area contributed by atoms with Crippen LogP contribution in [0.25, 0.3) is 5.70 Å². The Morgan fingerprint density at radius 3 is 2.53 bits per heavy atom. The van der Waals surface area contributed by atoms with Gasteiger partial charge in [-0.3, -0.25) is 4.79 Å². The highest BCUT2D eigenvalue weighted by Gasteiger charge is 2.52. The fourth-order valence-corrected chi connectivity index (χ4v) is 4.37. The predicted molar refractivity (Wildman–Crippen MR) is 118 cm³/mol. The third-order valence-electron chi connectivity index (χ3n) is 5.83. The molecule has 6 heteroatoms. The van der Waals surface area contributed by atoms with Gasteiger partial charge in [-0.15, -0.1) is 0 Å². The van der Waals surface area contributed by atoms with Crippen LogP contribution in [0.3, 0.4) is 0 Å². The highest BCUT2D eigenvalue weighted by atomic mass is 19.4. The fourth-order valence-electron chi connectivity index (χ4n) is 4.37. The Morgan fingerprint density at radius 1 is 1.16 bits per heavy atom. The van der Waals surface area contributed by atoms with Crippen LogP contribution in [0.4, 0.5) is 13.2 Å². The molecule has 0 saturated carbocycles. The van der Waals surface area contributed by atoms with Crippen molar-refractivity contribution in [2.45, 2.75) is 57.8 Å². The van der Waals surface area contributed by atoms with E-state index in [9.17, 15) is 18.0 Å². The van der Waals surface area contributed by atoms with Crippen LogP contribution in [0.15, 0.2) is 54.6 Å². The highest BCUT2D eigenvalue weighted by molar-refractivity contribution is 5.91. The molecule has 32 heavy (non-hydrogen) atoms. The Morgan fingerprint density at radius 2 is 1.88 bits per heavy atom. The molecule has 0 bridgehead atoms. The summed E-state index contributed by atoms with van der Waals surface area (Å²) in [5, 5.41) is 3.49.